The Morgan fingerprint density at radius 3 is 2.80 bits per heavy atom. The van der Waals surface area contributed by atoms with Crippen molar-refractivity contribution in [1.29, 1.82) is 5.26 Å². The van der Waals surface area contributed by atoms with Crippen LogP contribution in [0.5, 0.6) is 6.01 Å². The number of halogens is 1. The maximum atomic E-state index is 14.8. The standard InChI is InChI=1S/C21H19FN6O2/c1-12-18-20(27-21(25-12)30-3)28(11-14-4-5-16(29-2)7-17(14)22)19(26-18)15-6-13(8-23)9-24-10-15/h4-6,9-10,16H,7,11H2,1-3H3. The van der Waals surface area contributed by atoms with E-state index in [1.807, 2.05) is 6.08 Å². The number of aromatic nitrogens is 5. The SMILES string of the molecule is COc1nc(C)c2nc(-c3cncc(C#N)c3)n(CC3=C(F)CC(OC)C=C3)c2n1. The Bertz CT molecular complexity index is 1220. The molecule has 9 heteroatoms. The molecule has 0 aliphatic heterocycles. The first-order chi connectivity index (χ1) is 14.5. The number of allylic oxidation sites excluding steroid dienone is 2. The van der Waals surface area contributed by atoms with E-state index in [0.29, 0.717) is 39.4 Å². The van der Waals surface area contributed by atoms with E-state index < -0.39 is 0 Å². The van der Waals surface area contributed by atoms with Crippen molar-refractivity contribution in [3.05, 3.63) is 53.3 Å². The van der Waals surface area contributed by atoms with Crippen molar-refractivity contribution in [2.45, 2.75) is 26.0 Å². The minimum absolute atomic E-state index is 0.174. The molecule has 30 heavy (non-hydrogen) atoms. The quantitative estimate of drug-likeness (QED) is 0.641. The van der Waals surface area contributed by atoms with Gasteiger partial charge in [0.25, 0.3) is 0 Å². The van der Waals surface area contributed by atoms with Crippen molar-refractivity contribution in [3.63, 3.8) is 0 Å². The highest BCUT2D eigenvalue weighted by Crippen LogP contribution is 2.30. The van der Waals surface area contributed by atoms with Crippen molar-refractivity contribution in [3.8, 4) is 23.5 Å². The summed E-state index contributed by atoms with van der Waals surface area (Å²) in [6.07, 6.45) is 6.53. The van der Waals surface area contributed by atoms with E-state index in [0.717, 1.165) is 0 Å². The number of nitriles is 1. The molecule has 3 aromatic rings. The van der Waals surface area contributed by atoms with E-state index in [1.165, 1.54) is 13.3 Å². The predicted octanol–water partition coefficient (Wildman–Crippen LogP) is 3.28. The molecule has 8 nitrogen and oxygen atoms in total. The minimum atomic E-state index is -0.283. The summed E-state index contributed by atoms with van der Waals surface area (Å²) >= 11 is 0. The molecular weight excluding hydrogens is 387 g/mol. The fourth-order valence-corrected chi connectivity index (χ4v) is 3.36. The second-order valence-electron chi connectivity index (χ2n) is 6.83. The van der Waals surface area contributed by atoms with Crippen LogP contribution in [0, 0.1) is 18.3 Å². The van der Waals surface area contributed by atoms with Gasteiger partial charge in [-0.2, -0.15) is 15.2 Å². The number of imidazole rings is 1. The Morgan fingerprint density at radius 1 is 1.27 bits per heavy atom. The van der Waals surface area contributed by atoms with Gasteiger partial charge in [0.05, 0.1) is 31.0 Å². The second-order valence-corrected chi connectivity index (χ2v) is 6.83. The average molecular weight is 406 g/mol. The molecule has 0 spiro atoms. The molecule has 3 heterocycles. The molecule has 1 unspecified atom stereocenters. The molecule has 0 radical (unpaired) electrons. The van der Waals surface area contributed by atoms with Crippen LogP contribution in [0.4, 0.5) is 4.39 Å². The topological polar surface area (TPSA) is 98.7 Å². The third-order valence-corrected chi connectivity index (χ3v) is 4.93. The number of hydrogen-bond acceptors (Lipinski definition) is 7. The lowest BCUT2D eigenvalue weighted by atomic mass is 10.0. The number of pyridine rings is 1. The van der Waals surface area contributed by atoms with Crippen LogP contribution < -0.4 is 4.74 Å². The van der Waals surface area contributed by atoms with Crippen LogP contribution in [0.2, 0.25) is 0 Å². The normalized spacial score (nSPS) is 16.2. The first-order valence-electron chi connectivity index (χ1n) is 9.27. The zero-order chi connectivity index (χ0) is 21.3. The third-order valence-electron chi connectivity index (χ3n) is 4.93. The monoisotopic (exact) mass is 406 g/mol. The van der Waals surface area contributed by atoms with Gasteiger partial charge in [0.1, 0.15) is 23.2 Å². The summed E-state index contributed by atoms with van der Waals surface area (Å²) in [4.78, 5) is 17.6. The molecule has 152 valence electrons. The van der Waals surface area contributed by atoms with Gasteiger partial charge in [-0.25, -0.2) is 9.37 Å². The highest BCUT2D eigenvalue weighted by molar-refractivity contribution is 5.79. The van der Waals surface area contributed by atoms with Crippen LogP contribution >= 0.6 is 0 Å². The zero-order valence-corrected chi connectivity index (χ0v) is 16.8. The maximum absolute atomic E-state index is 14.8. The lowest BCUT2D eigenvalue weighted by molar-refractivity contribution is 0.134. The van der Waals surface area contributed by atoms with E-state index in [2.05, 4.69) is 21.0 Å². The Hall–Kier alpha value is -3.64. The molecule has 0 N–H and O–H groups in total. The van der Waals surface area contributed by atoms with Gasteiger partial charge >= 0.3 is 6.01 Å². The smallest absolute Gasteiger partial charge is 0.318 e. The summed E-state index contributed by atoms with van der Waals surface area (Å²) in [6.45, 7) is 2.00. The molecule has 4 rings (SSSR count). The Balaban J connectivity index is 1.90. The van der Waals surface area contributed by atoms with E-state index in [9.17, 15) is 9.65 Å². The van der Waals surface area contributed by atoms with Crippen molar-refractivity contribution in [1.82, 2.24) is 24.5 Å². The van der Waals surface area contributed by atoms with E-state index in [-0.39, 0.29) is 30.9 Å². The van der Waals surface area contributed by atoms with Gasteiger partial charge in [-0.1, -0.05) is 12.2 Å². The fourth-order valence-electron chi connectivity index (χ4n) is 3.36. The second kappa shape index (κ2) is 8.00. The average Bonchev–Trinajstić information content (AvgIpc) is 3.14. The van der Waals surface area contributed by atoms with E-state index in [1.54, 1.807) is 36.9 Å². The van der Waals surface area contributed by atoms with Gasteiger partial charge in [-0.05, 0) is 13.0 Å². The Morgan fingerprint density at radius 2 is 2.10 bits per heavy atom. The van der Waals surface area contributed by atoms with Crippen LogP contribution in [0.25, 0.3) is 22.6 Å². The predicted molar refractivity (Wildman–Crippen MR) is 107 cm³/mol. The highest BCUT2D eigenvalue weighted by Gasteiger charge is 2.22. The van der Waals surface area contributed by atoms with Gasteiger partial charge < -0.3 is 14.0 Å². The van der Waals surface area contributed by atoms with Crippen LogP contribution in [-0.2, 0) is 11.3 Å². The number of methoxy groups -OCH3 is 2. The lowest BCUT2D eigenvalue weighted by Gasteiger charge is -2.18. The van der Waals surface area contributed by atoms with Gasteiger partial charge in [0.15, 0.2) is 5.65 Å². The summed E-state index contributed by atoms with van der Waals surface area (Å²) in [5.74, 6) is 0.265. The van der Waals surface area contributed by atoms with Gasteiger partial charge in [0.2, 0.25) is 0 Å². The van der Waals surface area contributed by atoms with E-state index in [4.69, 9.17) is 14.5 Å². The first kappa shape index (κ1) is 19.7. The molecule has 0 saturated carbocycles. The van der Waals surface area contributed by atoms with Crippen LogP contribution in [-0.4, -0.2) is 44.8 Å². The summed E-state index contributed by atoms with van der Waals surface area (Å²) in [6, 6.07) is 3.96. The molecule has 1 aliphatic rings. The zero-order valence-electron chi connectivity index (χ0n) is 16.8. The Labute approximate surface area is 172 Å². The maximum Gasteiger partial charge on any atom is 0.318 e. The number of rotatable bonds is 5. The first-order valence-corrected chi connectivity index (χ1v) is 9.27. The fraction of sp³-hybridized carbons (Fsp3) is 0.286. The molecule has 1 atom stereocenters. The lowest BCUT2D eigenvalue weighted by Crippen LogP contribution is -2.14. The van der Waals surface area contributed by atoms with Crippen molar-refractivity contribution >= 4 is 11.2 Å². The van der Waals surface area contributed by atoms with Crippen molar-refractivity contribution < 1.29 is 13.9 Å². The molecule has 0 aromatic carbocycles. The molecular formula is C21H19FN6O2. The summed E-state index contributed by atoms with van der Waals surface area (Å²) in [7, 11) is 3.04. The van der Waals surface area contributed by atoms with Gasteiger partial charge in [-0.3, -0.25) is 4.98 Å². The summed E-state index contributed by atoms with van der Waals surface area (Å²) in [5, 5.41) is 9.24. The number of fused-ring (bicyclic) bond motifs is 1. The summed E-state index contributed by atoms with van der Waals surface area (Å²) in [5.41, 5.74) is 3.25. The summed E-state index contributed by atoms with van der Waals surface area (Å²) < 4.78 is 27.0. The molecule has 3 aromatic heterocycles. The number of aryl methyl sites for hydroxylation is 1. The molecule has 0 fully saturated rings. The van der Waals surface area contributed by atoms with Crippen molar-refractivity contribution in [2.75, 3.05) is 14.2 Å². The highest BCUT2D eigenvalue weighted by atomic mass is 19.1. The largest absolute Gasteiger partial charge is 0.467 e. The van der Waals surface area contributed by atoms with Crippen LogP contribution in [0.15, 0.2) is 42.0 Å². The van der Waals surface area contributed by atoms with Crippen LogP contribution in [0.1, 0.15) is 17.7 Å². The third kappa shape index (κ3) is 3.53. The van der Waals surface area contributed by atoms with E-state index >= 15 is 0 Å². The molecule has 0 bridgehead atoms. The molecule has 0 saturated heterocycles. The number of ether oxygens (including phenoxy) is 2. The van der Waals surface area contributed by atoms with Crippen molar-refractivity contribution in [2.24, 2.45) is 0 Å². The van der Waals surface area contributed by atoms with Gasteiger partial charge in [0, 0.05) is 37.1 Å². The Kier molecular flexibility index (Phi) is 5.25. The number of hydrogen-bond donors (Lipinski definition) is 0. The molecule has 1 aliphatic carbocycles. The van der Waals surface area contributed by atoms with Crippen LogP contribution in [0.3, 0.4) is 0 Å². The van der Waals surface area contributed by atoms with Gasteiger partial charge in [-0.15, -0.1) is 0 Å². The number of nitrogens with zero attached hydrogens (tertiary/aromatic N) is 6. The molecule has 0 amide bonds. The minimum Gasteiger partial charge on any atom is -0.467 e.